The largest absolute Gasteiger partial charge is 0.347 e. The molecule has 3 aromatic rings. The Morgan fingerprint density at radius 3 is 2.47 bits per heavy atom. The van der Waals surface area contributed by atoms with Crippen molar-refractivity contribution in [3.63, 3.8) is 0 Å². The summed E-state index contributed by atoms with van der Waals surface area (Å²) in [4.78, 5) is 34.8. The molecule has 2 N–H and O–H groups in total. The first-order chi connectivity index (χ1) is 14.2. The summed E-state index contributed by atoms with van der Waals surface area (Å²) < 4.78 is 1.54. The number of carbonyl (C=O) groups excluding carboxylic acids is 2. The number of rotatable bonds is 7. The van der Waals surface area contributed by atoms with Gasteiger partial charge in [0.2, 0.25) is 11.8 Å². The second-order valence-electron chi connectivity index (χ2n) is 7.22. The molecule has 2 aromatic carbocycles. The van der Waals surface area contributed by atoms with Crippen molar-refractivity contribution in [3.8, 4) is 0 Å². The number of nitrogens with zero attached hydrogens (tertiary/aromatic N) is 3. The van der Waals surface area contributed by atoms with Crippen molar-refractivity contribution < 1.29 is 14.5 Å². The maximum atomic E-state index is 12.2. The zero-order valence-electron chi connectivity index (χ0n) is 17.1. The number of hydrogen-bond donors (Lipinski definition) is 2. The fourth-order valence-corrected chi connectivity index (χ4v) is 3.39. The summed E-state index contributed by atoms with van der Waals surface area (Å²) >= 11 is 0. The van der Waals surface area contributed by atoms with Crippen LogP contribution in [0, 0.1) is 30.9 Å². The van der Waals surface area contributed by atoms with Crippen LogP contribution in [0.25, 0.3) is 10.9 Å². The molecule has 0 bridgehead atoms. The Balaban J connectivity index is 1.54. The van der Waals surface area contributed by atoms with Crippen LogP contribution in [0.5, 0.6) is 0 Å². The van der Waals surface area contributed by atoms with Crippen LogP contribution in [0.4, 0.5) is 11.4 Å². The number of aromatic nitrogens is 2. The zero-order chi connectivity index (χ0) is 21.8. The normalized spacial score (nSPS) is 10.8. The summed E-state index contributed by atoms with van der Waals surface area (Å²) in [6.07, 6.45) is 1.69. The van der Waals surface area contributed by atoms with Gasteiger partial charge in [0.15, 0.2) is 0 Å². The highest BCUT2D eigenvalue weighted by Gasteiger charge is 2.13. The molecule has 1 heterocycles. The van der Waals surface area contributed by atoms with Crippen molar-refractivity contribution in [1.82, 2.24) is 15.1 Å². The van der Waals surface area contributed by atoms with Gasteiger partial charge in [0, 0.05) is 29.6 Å². The molecule has 3 rings (SSSR count). The fraction of sp³-hybridized carbons (Fsp3) is 0.286. The third-order valence-electron chi connectivity index (χ3n) is 4.78. The molecular formula is C21H23N5O4. The number of nitrogens with one attached hydrogen (secondary N) is 2. The van der Waals surface area contributed by atoms with E-state index in [1.165, 1.54) is 12.1 Å². The van der Waals surface area contributed by atoms with E-state index in [9.17, 15) is 19.7 Å². The van der Waals surface area contributed by atoms with Gasteiger partial charge in [0.05, 0.1) is 29.7 Å². The number of hydrogen-bond acceptors (Lipinski definition) is 5. The number of anilines is 1. The lowest BCUT2D eigenvalue weighted by molar-refractivity contribution is -0.384. The quantitative estimate of drug-likeness (QED) is 0.459. The van der Waals surface area contributed by atoms with Gasteiger partial charge in [-0.25, -0.2) is 0 Å². The molecule has 0 spiro atoms. The van der Waals surface area contributed by atoms with Crippen molar-refractivity contribution >= 4 is 34.1 Å². The number of non-ortho nitro benzene ring substituents is 1. The van der Waals surface area contributed by atoms with Gasteiger partial charge in [0.25, 0.3) is 5.69 Å². The van der Waals surface area contributed by atoms with E-state index in [0.29, 0.717) is 5.52 Å². The summed E-state index contributed by atoms with van der Waals surface area (Å²) in [6, 6.07) is 8.44. The number of benzene rings is 2. The zero-order valence-corrected chi connectivity index (χ0v) is 17.1. The molecule has 156 valence electrons. The number of amides is 2. The molecule has 2 amide bonds. The molecule has 0 saturated heterocycles. The number of nitro groups is 1. The second kappa shape index (κ2) is 8.73. The van der Waals surface area contributed by atoms with Crippen LogP contribution in [0.3, 0.4) is 0 Å². The molecule has 0 aliphatic carbocycles. The first-order valence-electron chi connectivity index (χ1n) is 9.49. The number of nitro benzene ring substituents is 1. The molecule has 30 heavy (non-hydrogen) atoms. The van der Waals surface area contributed by atoms with E-state index in [4.69, 9.17) is 0 Å². The molecule has 0 unspecified atom stereocenters. The summed E-state index contributed by atoms with van der Waals surface area (Å²) in [5, 5.41) is 21.3. The van der Waals surface area contributed by atoms with Gasteiger partial charge in [-0.15, -0.1) is 0 Å². The minimum Gasteiger partial charge on any atom is -0.347 e. The molecule has 9 nitrogen and oxygen atoms in total. The van der Waals surface area contributed by atoms with E-state index >= 15 is 0 Å². The highest BCUT2D eigenvalue weighted by molar-refractivity contribution is 5.95. The van der Waals surface area contributed by atoms with E-state index in [0.717, 1.165) is 27.8 Å². The SMILES string of the molecule is Cc1cc(C)c(NC(=O)CNC(=O)CCn2ncc3ccc([N+](=O)[O-])cc32)c(C)c1. The molecule has 0 aliphatic heterocycles. The lowest BCUT2D eigenvalue weighted by Crippen LogP contribution is -2.33. The first-order valence-corrected chi connectivity index (χ1v) is 9.49. The van der Waals surface area contributed by atoms with Gasteiger partial charge in [-0.05, 0) is 38.0 Å². The summed E-state index contributed by atoms with van der Waals surface area (Å²) in [7, 11) is 0. The number of fused-ring (bicyclic) bond motifs is 1. The Hall–Kier alpha value is -3.75. The average Bonchev–Trinajstić information content (AvgIpc) is 3.09. The summed E-state index contributed by atoms with van der Waals surface area (Å²) in [5.41, 5.74) is 4.35. The third-order valence-corrected chi connectivity index (χ3v) is 4.78. The molecular weight excluding hydrogens is 386 g/mol. The molecule has 0 saturated carbocycles. The minimum absolute atomic E-state index is 0.0351. The van der Waals surface area contributed by atoms with Gasteiger partial charge in [-0.3, -0.25) is 24.4 Å². The van der Waals surface area contributed by atoms with Crippen molar-refractivity contribution in [2.24, 2.45) is 0 Å². The van der Waals surface area contributed by atoms with E-state index in [1.807, 2.05) is 32.9 Å². The van der Waals surface area contributed by atoms with Crippen LogP contribution in [-0.2, 0) is 16.1 Å². The summed E-state index contributed by atoms with van der Waals surface area (Å²) in [6.45, 7) is 5.94. The van der Waals surface area contributed by atoms with Crippen molar-refractivity contribution in [2.45, 2.75) is 33.7 Å². The second-order valence-corrected chi connectivity index (χ2v) is 7.22. The molecule has 1 aromatic heterocycles. The Kier molecular flexibility index (Phi) is 6.10. The predicted molar refractivity (Wildman–Crippen MR) is 113 cm³/mol. The number of aryl methyl sites for hydroxylation is 4. The highest BCUT2D eigenvalue weighted by Crippen LogP contribution is 2.22. The first kappa shape index (κ1) is 21.0. The Labute approximate surface area is 173 Å². The Morgan fingerprint density at radius 1 is 1.10 bits per heavy atom. The van der Waals surface area contributed by atoms with Crippen LogP contribution >= 0.6 is 0 Å². The number of carbonyl (C=O) groups is 2. The molecule has 0 atom stereocenters. The smallest absolute Gasteiger partial charge is 0.271 e. The molecule has 9 heteroatoms. The standard InChI is InChI=1S/C21H23N5O4/c1-13-8-14(2)21(15(3)9-13)24-20(28)12-22-19(27)6-7-25-18-10-17(26(29)30)5-4-16(18)11-23-25/h4-5,8-11H,6-7,12H2,1-3H3,(H,22,27)(H,24,28). The van der Waals surface area contributed by atoms with E-state index in [2.05, 4.69) is 15.7 Å². The van der Waals surface area contributed by atoms with Gasteiger partial charge in [-0.1, -0.05) is 17.7 Å². The van der Waals surface area contributed by atoms with E-state index in [1.54, 1.807) is 16.9 Å². The predicted octanol–water partition coefficient (Wildman–Crippen LogP) is 3.01. The third kappa shape index (κ3) is 4.80. The van der Waals surface area contributed by atoms with Crippen LogP contribution in [0.2, 0.25) is 0 Å². The maximum absolute atomic E-state index is 12.2. The summed E-state index contributed by atoms with van der Waals surface area (Å²) in [5.74, 6) is -0.616. The molecule has 0 aliphatic rings. The van der Waals surface area contributed by atoms with Crippen LogP contribution in [-0.4, -0.2) is 33.1 Å². The maximum Gasteiger partial charge on any atom is 0.271 e. The molecule has 0 fully saturated rings. The Bertz CT molecular complexity index is 1110. The molecule has 0 radical (unpaired) electrons. The van der Waals surface area contributed by atoms with Crippen molar-refractivity contribution in [3.05, 3.63) is 63.3 Å². The van der Waals surface area contributed by atoms with Gasteiger partial charge < -0.3 is 10.6 Å². The van der Waals surface area contributed by atoms with Gasteiger partial charge in [0.1, 0.15) is 0 Å². The fourth-order valence-electron chi connectivity index (χ4n) is 3.39. The monoisotopic (exact) mass is 409 g/mol. The lowest BCUT2D eigenvalue weighted by atomic mass is 10.1. The average molecular weight is 409 g/mol. The topological polar surface area (TPSA) is 119 Å². The van der Waals surface area contributed by atoms with Gasteiger partial charge in [-0.2, -0.15) is 5.10 Å². The van der Waals surface area contributed by atoms with Crippen LogP contribution < -0.4 is 10.6 Å². The minimum atomic E-state index is -0.473. The van der Waals surface area contributed by atoms with Gasteiger partial charge >= 0.3 is 0 Å². The van der Waals surface area contributed by atoms with Crippen LogP contribution in [0.15, 0.2) is 36.5 Å². The lowest BCUT2D eigenvalue weighted by Gasteiger charge is -2.13. The van der Waals surface area contributed by atoms with Crippen molar-refractivity contribution in [1.29, 1.82) is 0 Å². The van der Waals surface area contributed by atoms with Crippen LogP contribution in [0.1, 0.15) is 23.1 Å². The van der Waals surface area contributed by atoms with E-state index < -0.39 is 4.92 Å². The highest BCUT2D eigenvalue weighted by atomic mass is 16.6. The van der Waals surface area contributed by atoms with Crippen molar-refractivity contribution in [2.75, 3.05) is 11.9 Å². The Morgan fingerprint density at radius 2 is 1.80 bits per heavy atom. The van der Waals surface area contributed by atoms with E-state index in [-0.39, 0.29) is 37.0 Å².